The van der Waals surface area contributed by atoms with E-state index in [1.54, 1.807) is 6.20 Å². The molecule has 74 valence electrons. The monoisotopic (exact) mass is 189 g/mol. The van der Waals surface area contributed by atoms with Gasteiger partial charge in [-0.2, -0.15) is 0 Å². The molecule has 0 N–H and O–H groups in total. The van der Waals surface area contributed by atoms with Crippen molar-refractivity contribution in [3.8, 4) is 0 Å². The van der Waals surface area contributed by atoms with Crippen LogP contribution in [0.3, 0.4) is 0 Å². The highest BCUT2D eigenvalue weighted by Crippen LogP contribution is 2.16. The van der Waals surface area contributed by atoms with Gasteiger partial charge in [-0.1, -0.05) is 29.8 Å². The van der Waals surface area contributed by atoms with Gasteiger partial charge in [-0.05, 0) is 20.6 Å². The van der Waals surface area contributed by atoms with E-state index in [0.717, 1.165) is 11.3 Å². The van der Waals surface area contributed by atoms with Crippen LogP contribution in [0.4, 0.5) is 0 Å². The van der Waals surface area contributed by atoms with Gasteiger partial charge in [0.1, 0.15) is 5.76 Å². The number of aliphatic imine (C=N–C) groups is 1. The molecular formula is C12H15NO. The minimum absolute atomic E-state index is 0.634. The van der Waals surface area contributed by atoms with E-state index < -0.39 is 0 Å². The van der Waals surface area contributed by atoms with Crippen molar-refractivity contribution in [2.45, 2.75) is 13.8 Å². The SMILES string of the molecule is C=N/C=C(\OCC)c1ccc(C)cc1. The Morgan fingerprint density at radius 2 is 2.07 bits per heavy atom. The zero-order valence-electron chi connectivity index (χ0n) is 8.66. The quantitative estimate of drug-likeness (QED) is 0.527. The number of hydrogen-bond donors (Lipinski definition) is 0. The third-order valence-corrected chi connectivity index (χ3v) is 1.84. The molecule has 0 bridgehead atoms. The van der Waals surface area contributed by atoms with Gasteiger partial charge in [0.05, 0.1) is 12.8 Å². The average molecular weight is 189 g/mol. The van der Waals surface area contributed by atoms with Gasteiger partial charge < -0.3 is 4.74 Å². The first-order valence-electron chi connectivity index (χ1n) is 4.63. The average Bonchev–Trinajstić information content (AvgIpc) is 2.19. The van der Waals surface area contributed by atoms with Crippen LogP contribution in [0.2, 0.25) is 0 Å². The summed E-state index contributed by atoms with van der Waals surface area (Å²) in [5.74, 6) is 0.766. The van der Waals surface area contributed by atoms with Gasteiger partial charge in [0.15, 0.2) is 0 Å². The molecule has 0 spiro atoms. The van der Waals surface area contributed by atoms with E-state index >= 15 is 0 Å². The number of nitrogens with zero attached hydrogens (tertiary/aromatic N) is 1. The van der Waals surface area contributed by atoms with E-state index in [-0.39, 0.29) is 0 Å². The maximum Gasteiger partial charge on any atom is 0.144 e. The van der Waals surface area contributed by atoms with Gasteiger partial charge in [-0.3, -0.25) is 4.99 Å². The molecule has 1 rings (SSSR count). The van der Waals surface area contributed by atoms with Gasteiger partial charge in [0, 0.05) is 5.56 Å². The predicted octanol–water partition coefficient (Wildman–Crippen LogP) is 3.03. The van der Waals surface area contributed by atoms with Gasteiger partial charge in [-0.15, -0.1) is 0 Å². The second kappa shape index (κ2) is 5.22. The molecule has 0 aliphatic heterocycles. The summed E-state index contributed by atoms with van der Waals surface area (Å²) in [6.07, 6.45) is 1.63. The predicted molar refractivity (Wildman–Crippen MR) is 60.3 cm³/mol. The van der Waals surface area contributed by atoms with Gasteiger partial charge in [0.2, 0.25) is 0 Å². The minimum Gasteiger partial charge on any atom is -0.492 e. The van der Waals surface area contributed by atoms with Crippen LogP contribution in [0, 0.1) is 6.92 Å². The van der Waals surface area contributed by atoms with E-state index in [1.807, 2.05) is 31.2 Å². The van der Waals surface area contributed by atoms with E-state index in [1.165, 1.54) is 5.56 Å². The summed E-state index contributed by atoms with van der Waals surface area (Å²) in [6.45, 7) is 8.06. The topological polar surface area (TPSA) is 21.6 Å². The Hall–Kier alpha value is -1.57. The van der Waals surface area contributed by atoms with Crippen LogP contribution in [0.25, 0.3) is 5.76 Å². The van der Waals surface area contributed by atoms with Crippen molar-refractivity contribution in [3.05, 3.63) is 41.6 Å². The molecular weight excluding hydrogens is 174 g/mol. The fraction of sp³-hybridized carbons (Fsp3) is 0.250. The summed E-state index contributed by atoms with van der Waals surface area (Å²) in [5, 5.41) is 0. The highest BCUT2D eigenvalue weighted by molar-refractivity contribution is 5.60. The van der Waals surface area contributed by atoms with E-state index in [9.17, 15) is 0 Å². The summed E-state index contributed by atoms with van der Waals surface area (Å²) in [6, 6.07) is 8.13. The van der Waals surface area contributed by atoms with Crippen molar-refractivity contribution >= 4 is 12.5 Å². The van der Waals surface area contributed by atoms with Crippen LogP contribution < -0.4 is 0 Å². The zero-order chi connectivity index (χ0) is 10.4. The molecule has 2 nitrogen and oxygen atoms in total. The van der Waals surface area contributed by atoms with Crippen molar-refractivity contribution in [1.29, 1.82) is 0 Å². The maximum absolute atomic E-state index is 5.44. The van der Waals surface area contributed by atoms with E-state index in [4.69, 9.17) is 4.74 Å². The Morgan fingerprint density at radius 3 is 2.57 bits per heavy atom. The Balaban J connectivity index is 2.93. The van der Waals surface area contributed by atoms with Crippen molar-refractivity contribution in [2.75, 3.05) is 6.61 Å². The lowest BCUT2D eigenvalue weighted by Gasteiger charge is -2.07. The molecule has 0 fully saturated rings. The second-order valence-electron chi connectivity index (χ2n) is 2.97. The van der Waals surface area contributed by atoms with E-state index in [2.05, 4.69) is 18.6 Å². The van der Waals surface area contributed by atoms with Gasteiger partial charge >= 0.3 is 0 Å². The summed E-state index contributed by atoms with van der Waals surface area (Å²) in [4.78, 5) is 3.72. The van der Waals surface area contributed by atoms with E-state index in [0.29, 0.717) is 6.61 Å². The molecule has 0 unspecified atom stereocenters. The molecule has 0 aromatic heterocycles. The molecule has 14 heavy (non-hydrogen) atoms. The molecule has 2 heteroatoms. The standard InChI is InChI=1S/C12H15NO/c1-4-14-12(9-13-3)11-7-5-10(2)6-8-11/h5-9H,3-4H2,1-2H3/b12-9-. The van der Waals surface area contributed by atoms with Crippen LogP contribution in [-0.4, -0.2) is 13.3 Å². The molecule has 0 radical (unpaired) electrons. The largest absolute Gasteiger partial charge is 0.492 e. The minimum atomic E-state index is 0.634. The molecule has 0 aliphatic carbocycles. The molecule has 0 atom stereocenters. The molecule has 1 aromatic rings. The third kappa shape index (κ3) is 2.73. The summed E-state index contributed by atoms with van der Waals surface area (Å²) < 4.78 is 5.44. The number of rotatable bonds is 4. The van der Waals surface area contributed by atoms with Crippen LogP contribution in [-0.2, 0) is 4.74 Å². The van der Waals surface area contributed by atoms with Crippen LogP contribution in [0.1, 0.15) is 18.1 Å². The normalized spacial score (nSPS) is 11.1. The summed E-state index contributed by atoms with van der Waals surface area (Å²) in [5.41, 5.74) is 2.26. The van der Waals surface area contributed by atoms with Crippen molar-refractivity contribution < 1.29 is 4.74 Å². The smallest absolute Gasteiger partial charge is 0.144 e. The van der Waals surface area contributed by atoms with Gasteiger partial charge in [-0.25, -0.2) is 0 Å². The van der Waals surface area contributed by atoms with Gasteiger partial charge in [0.25, 0.3) is 0 Å². The molecule has 0 saturated carbocycles. The number of hydrogen-bond acceptors (Lipinski definition) is 2. The van der Waals surface area contributed by atoms with Crippen molar-refractivity contribution in [3.63, 3.8) is 0 Å². The molecule has 0 amide bonds. The number of aryl methyl sites for hydroxylation is 1. The lowest BCUT2D eigenvalue weighted by Crippen LogP contribution is -1.91. The first-order chi connectivity index (χ1) is 6.77. The first-order valence-corrected chi connectivity index (χ1v) is 4.63. The fourth-order valence-electron chi connectivity index (χ4n) is 1.15. The Kier molecular flexibility index (Phi) is 3.92. The fourth-order valence-corrected chi connectivity index (χ4v) is 1.15. The van der Waals surface area contributed by atoms with Crippen LogP contribution in [0.15, 0.2) is 35.5 Å². The highest BCUT2D eigenvalue weighted by atomic mass is 16.5. The third-order valence-electron chi connectivity index (χ3n) is 1.84. The highest BCUT2D eigenvalue weighted by Gasteiger charge is 2.00. The Labute approximate surface area is 84.9 Å². The first kappa shape index (κ1) is 10.5. The Bertz CT molecular complexity index is 325. The van der Waals surface area contributed by atoms with Crippen LogP contribution in [0.5, 0.6) is 0 Å². The summed E-state index contributed by atoms with van der Waals surface area (Å²) in [7, 11) is 0. The summed E-state index contributed by atoms with van der Waals surface area (Å²) >= 11 is 0. The van der Waals surface area contributed by atoms with Crippen molar-refractivity contribution in [2.24, 2.45) is 4.99 Å². The molecule has 1 aromatic carbocycles. The van der Waals surface area contributed by atoms with Crippen molar-refractivity contribution in [1.82, 2.24) is 0 Å². The number of benzene rings is 1. The molecule has 0 aliphatic rings. The van der Waals surface area contributed by atoms with Crippen LogP contribution >= 0.6 is 0 Å². The second-order valence-corrected chi connectivity index (χ2v) is 2.97. The Morgan fingerprint density at radius 1 is 1.43 bits per heavy atom. The lowest BCUT2D eigenvalue weighted by molar-refractivity contribution is 0.297. The maximum atomic E-state index is 5.44. The molecule has 0 saturated heterocycles. The lowest BCUT2D eigenvalue weighted by atomic mass is 10.1. The number of ether oxygens (including phenoxy) is 1. The molecule has 0 heterocycles. The zero-order valence-corrected chi connectivity index (χ0v) is 8.66.